The van der Waals surface area contributed by atoms with Crippen LogP contribution in [0, 0.1) is 5.92 Å². The predicted octanol–water partition coefficient (Wildman–Crippen LogP) is 2.79. The number of anilines is 1. The Morgan fingerprint density at radius 3 is 2.18 bits per heavy atom. The number of sulfonamides is 1. The Morgan fingerprint density at radius 2 is 1.68 bits per heavy atom. The Morgan fingerprint density at radius 1 is 1.05 bits per heavy atom. The molecule has 206 valence electrons. The normalized spacial score (nSPS) is 19.1. The molecule has 1 aliphatic carbocycles. The summed E-state index contributed by atoms with van der Waals surface area (Å²) in [5.74, 6) is -1.84. The number of hydrogen-bond donors (Lipinski definition) is 1. The zero-order valence-corrected chi connectivity index (χ0v) is 22.3. The number of halogens is 3. The summed E-state index contributed by atoms with van der Waals surface area (Å²) >= 11 is 5.84. The first-order valence-electron chi connectivity index (χ1n) is 11.3. The van der Waals surface area contributed by atoms with Crippen LogP contribution in [-0.2, 0) is 14.8 Å². The number of aromatic nitrogens is 7. The van der Waals surface area contributed by atoms with Gasteiger partial charge in [-0.3, -0.25) is 9.29 Å². The average molecular weight is 575 g/mol. The fourth-order valence-corrected chi connectivity index (χ4v) is 5.40. The lowest BCUT2D eigenvalue weighted by Gasteiger charge is -2.35. The van der Waals surface area contributed by atoms with Gasteiger partial charge in [0, 0.05) is 31.3 Å². The molecule has 0 bridgehead atoms. The summed E-state index contributed by atoms with van der Waals surface area (Å²) in [4.78, 5) is 16.2. The van der Waals surface area contributed by atoms with Gasteiger partial charge in [-0.2, -0.15) is 9.97 Å². The van der Waals surface area contributed by atoms with Gasteiger partial charge in [-0.15, -0.1) is 10.2 Å². The lowest BCUT2D eigenvalue weighted by atomic mass is 9.73. The minimum Gasteiger partial charge on any atom is -0.479 e. The molecule has 0 aliphatic heterocycles. The molecule has 0 aromatic carbocycles. The molecular formula is C21H25ClF2N8O5S. The Hall–Kier alpha value is -3.24. The van der Waals surface area contributed by atoms with Gasteiger partial charge in [0.15, 0.2) is 11.5 Å². The van der Waals surface area contributed by atoms with Gasteiger partial charge in [0.2, 0.25) is 34.2 Å². The first kappa shape index (κ1) is 27.8. The van der Waals surface area contributed by atoms with Crippen LogP contribution in [0.15, 0.2) is 18.7 Å². The fraction of sp³-hybridized carbons (Fsp3) is 0.524. The molecule has 1 aliphatic rings. The quantitative estimate of drug-likeness (QED) is 0.359. The number of methoxy groups -OCH3 is 3. The van der Waals surface area contributed by atoms with Crippen LogP contribution in [0.2, 0.25) is 5.02 Å². The Labute approximate surface area is 222 Å². The first-order chi connectivity index (χ1) is 18.1. The third-order valence-corrected chi connectivity index (χ3v) is 8.22. The van der Waals surface area contributed by atoms with E-state index in [1.165, 1.54) is 51.5 Å². The summed E-state index contributed by atoms with van der Waals surface area (Å²) in [6.07, 6.45) is 0.807. The molecule has 1 saturated carbocycles. The Bertz CT molecular complexity index is 1360. The summed E-state index contributed by atoms with van der Waals surface area (Å²) in [6, 6.07) is 0. The molecule has 0 radical (unpaired) electrons. The van der Waals surface area contributed by atoms with Gasteiger partial charge < -0.3 is 14.2 Å². The molecule has 1 N–H and O–H groups in total. The van der Waals surface area contributed by atoms with Gasteiger partial charge in [0.1, 0.15) is 23.5 Å². The maximum absolute atomic E-state index is 13.7. The highest BCUT2D eigenvalue weighted by Gasteiger charge is 2.43. The zero-order valence-electron chi connectivity index (χ0n) is 20.7. The van der Waals surface area contributed by atoms with Crippen molar-refractivity contribution in [2.45, 2.75) is 43.5 Å². The number of hydrogen-bond acceptors (Lipinski definition) is 11. The summed E-state index contributed by atoms with van der Waals surface area (Å²) in [5.41, 5.74) is 0.0482. The molecular weight excluding hydrogens is 550 g/mol. The number of ether oxygens (including phenoxy) is 3. The smallest absolute Gasteiger partial charge is 0.245 e. The second-order valence-electron chi connectivity index (χ2n) is 8.41. The van der Waals surface area contributed by atoms with Crippen LogP contribution in [0.3, 0.4) is 0 Å². The van der Waals surface area contributed by atoms with E-state index in [0.29, 0.717) is 6.42 Å². The van der Waals surface area contributed by atoms with E-state index in [9.17, 15) is 17.2 Å². The second kappa shape index (κ2) is 11.2. The van der Waals surface area contributed by atoms with E-state index < -0.39 is 39.6 Å². The third kappa shape index (κ3) is 5.19. The molecule has 4 atom stereocenters. The SMILES string of the molecule is COc1ncnc(OC)c1-n1c(NS(=O)(=O)C(C)C(OC)c2ncc(Cl)cn2)nnc1C1CCC1C(F)F. The molecule has 13 nitrogen and oxygen atoms in total. The fourth-order valence-electron chi connectivity index (χ4n) is 4.17. The molecule has 4 rings (SSSR count). The number of rotatable bonds is 11. The predicted molar refractivity (Wildman–Crippen MR) is 130 cm³/mol. The molecule has 3 aromatic heterocycles. The molecule has 38 heavy (non-hydrogen) atoms. The molecule has 3 heterocycles. The van der Waals surface area contributed by atoms with Gasteiger partial charge in [-0.25, -0.2) is 27.2 Å². The largest absolute Gasteiger partial charge is 0.479 e. The van der Waals surface area contributed by atoms with Crippen LogP contribution in [0.25, 0.3) is 5.69 Å². The van der Waals surface area contributed by atoms with Crippen molar-refractivity contribution >= 4 is 27.6 Å². The third-order valence-electron chi connectivity index (χ3n) is 6.33. The first-order valence-corrected chi connectivity index (χ1v) is 13.2. The number of nitrogens with one attached hydrogen (secondary N) is 1. The molecule has 1 fully saturated rings. The Balaban J connectivity index is 1.79. The standard InChI is InChI=1S/C21H25ClF2N8O5S/c1-10(15(35-2)17-25-7-11(22)8-26-17)38(33,34)31-21-30-29-18(13-6-5-12(13)16(23)24)32(21)14-19(36-3)27-9-28-20(14)37-4/h7-10,12-13,15-16H,5-6H2,1-4H3,(H,30,31). The summed E-state index contributed by atoms with van der Waals surface area (Å²) in [5, 5.41) is 7.12. The van der Waals surface area contributed by atoms with Crippen molar-refractivity contribution in [3.63, 3.8) is 0 Å². The van der Waals surface area contributed by atoms with E-state index in [1.54, 1.807) is 0 Å². The van der Waals surface area contributed by atoms with Gasteiger partial charge in [-0.05, 0) is 19.8 Å². The van der Waals surface area contributed by atoms with Crippen LogP contribution in [0.4, 0.5) is 14.7 Å². The van der Waals surface area contributed by atoms with Crippen molar-refractivity contribution < 1.29 is 31.4 Å². The van der Waals surface area contributed by atoms with Crippen LogP contribution >= 0.6 is 11.6 Å². The van der Waals surface area contributed by atoms with Gasteiger partial charge in [0.05, 0.1) is 19.2 Å². The lowest BCUT2D eigenvalue weighted by molar-refractivity contribution is 0.0139. The van der Waals surface area contributed by atoms with Crippen molar-refractivity contribution in [1.29, 1.82) is 0 Å². The summed E-state index contributed by atoms with van der Waals surface area (Å²) < 4.78 is 74.0. The van der Waals surface area contributed by atoms with Crippen molar-refractivity contribution in [2.24, 2.45) is 5.92 Å². The summed E-state index contributed by atoms with van der Waals surface area (Å²) in [7, 11) is -0.282. The van der Waals surface area contributed by atoms with E-state index in [4.69, 9.17) is 25.8 Å². The highest BCUT2D eigenvalue weighted by Crippen LogP contribution is 2.47. The van der Waals surface area contributed by atoms with Crippen molar-refractivity contribution in [2.75, 3.05) is 26.1 Å². The number of nitrogens with zero attached hydrogens (tertiary/aromatic N) is 7. The highest BCUT2D eigenvalue weighted by molar-refractivity contribution is 7.93. The molecule has 4 unspecified atom stereocenters. The number of alkyl halides is 2. The minimum atomic E-state index is -4.27. The van der Waals surface area contributed by atoms with Crippen LogP contribution in [0.5, 0.6) is 11.8 Å². The topological polar surface area (TPSA) is 156 Å². The van der Waals surface area contributed by atoms with E-state index in [-0.39, 0.29) is 46.5 Å². The minimum absolute atomic E-state index is 0.0105. The van der Waals surface area contributed by atoms with E-state index in [1.807, 2.05) is 0 Å². The van der Waals surface area contributed by atoms with Crippen LogP contribution in [-0.4, -0.2) is 76.1 Å². The van der Waals surface area contributed by atoms with Crippen molar-refractivity contribution in [1.82, 2.24) is 34.7 Å². The maximum Gasteiger partial charge on any atom is 0.245 e. The molecule has 0 amide bonds. The van der Waals surface area contributed by atoms with Crippen LogP contribution in [0.1, 0.15) is 43.4 Å². The van der Waals surface area contributed by atoms with Crippen molar-refractivity contribution in [3.8, 4) is 17.4 Å². The van der Waals surface area contributed by atoms with E-state index in [0.717, 1.165) is 0 Å². The molecule has 17 heteroatoms. The van der Waals surface area contributed by atoms with Crippen LogP contribution < -0.4 is 14.2 Å². The van der Waals surface area contributed by atoms with Gasteiger partial charge >= 0.3 is 0 Å². The Kier molecular flexibility index (Phi) is 8.22. The lowest BCUT2D eigenvalue weighted by Crippen LogP contribution is -2.34. The van der Waals surface area contributed by atoms with Gasteiger partial charge in [0.25, 0.3) is 0 Å². The van der Waals surface area contributed by atoms with E-state index >= 15 is 0 Å². The molecule has 0 spiro atoms. The van der Waals surface area contributed by atoms with Crippen molar-refractivity contribution in [3.05, 3.63) is 35.4 Å². The summed E-state index contributed by atoms with van der Waals surface area (Å²) in [6.45, 7) is 1.39. The molecule has 0 saturated heterocycles. The highest BCUT2D eigenvalue weighted by atomic mass is 35.5. The molecule has 3 aromatic rings. The average Bonchev–Trinajstić information content (AvgIpc) is 3.25. The van der Waals surface area contributed by atoms with Gasteiger partial charge in [-0.1, -0.05) is 11.6 Å². The maximum atomic E-state index is 13.7. The monoisotopic (exact) mass is 574 g/mol. The zero-order chi connectivity index (χ0) is 27.6. The second-order valence-corrected chi connectivity index (χ2v) is 10.9. The van der Waals surface area contributed by atoms with E-state index in [2.05, 4.69) is 34.9 Å².